The van der Waals surface area contributed by atoms with Crippen LogP contribution in [0.4, 0.5) is 0 Å². The lowest BCUT2D eigenvalue weighted by Crippen LogP contribution is -2.53. The summed E-state index contributed by atoms with van der Waals surface area (Å²) in [6.07, 6.45) is 12.3. The zero-order chi connectivity index (χ0) is 18.1. The molecule has 5 aliphatic rings. The van der Waals surface area contributed by atoms with Crippen molar-refractivity contribution in [3.63, 3.8) is 0 Å². The van der Waals surface area contributed by atoms with Crippen molar-refractivity contribution in [3.05, 3.63) is 11.6 Å². The van der Waals surface area contributed by atoms with Crippen LogP contribution in [0, 0.1) is 40.4 Å². The van der Waals surface area contributed by atoms with Crippen LogP contribution in [0.25, 0.3) is 0 Å². The number of carbonyl (C=O) groups excluding carboxylic acids is 2. The number of ketones is 1. The maximum Gasteiger partial charge on any atom is 0.331 e. The van der Waals surface area contributed by atoms with Crippen LogP contribution in [-0.4, -0.2) is 18.4 Å². The first-order valence-corrected chi connectivity index (χ1v) is 10.8. The predicted molar refractivity (Wildman–Crippen MR) is 99.3 cm³/mol. The summed E-state index contributed by atoms with van der Waals surface area (Å²) in [5, 5.41) is 0. The fraction of sp³-hybridized carbons (Fsp3) is 0.826. The zero-order valence-electron chi connectivity index (χ0n) is 16.3. The molecule has 0 radical (unpaired) electrons. The van der Waals surface area contributed by atoms with E-state index in [9.17, 15) is 9.59 Å². The molecule has 0 N–H and O–H groups in total. The molecule has 4 fully saturated rings. The van der Waals surface area contributed by atoms with Crippen molar-refractivity contribution < 1.29 is 14.3 Å². The molecule has 0 aromatic heterocycles. The molecule has 0 unspecified atom stereocenters. The molecule has 1 heterocycles. The second-order valence-corrected chi connectivity index (χ2v) is 10.4. The largest absolute Gasteiger partial charge is 0.458 e. The number of rotatable bonds is 1. The molecular formula is C23H32O3. The molecule has 0 spiro atoms. The van der Waals surface area contributed by atoms with Gasteiger partial charge in [0, 0.05) is 18.9 Å². The van der Waals surface area contributed by atoms with Gasteiger partial charge in [0.2, 0.25) is 0 Å². The van der Waals surface area contributed by atoms with Crippen molar-refractivity contribution in [2.75, 3.05) is 6.61 Å². The average molecular weight is 357 g/mol. The van der Waals surface area contributed by atoms with Crippen LogP contribution in [0.3, 0.4) is 0 Å². The van der Waals surface area contributed by atoms with Crippen molar-refractivity contribution >= 4 is 11.8 Å². The Morgan fingerprint density at radius 1 is 0.962 bits per heavy atom. The molecule has 0 aromatic carbocycles. The number of ether oxygens (including phenoxy) is 1. The van der Waals surface area contributed by atoms with Crippen molar-refractivity contribution in [3.8, 4) is 0 Å². The number of cyclic esters (lactones) is 1. The minimum atomic E-state index is -0.138. The van der Waals surface area contributed by atoms with E-state index >= 15 is 0 Å². The monoisotopic (exact) mass is 356 g/mol. The van der Waals surface area contributed by atoms with Gasteiger partial charge < -0.3 is 4.74 Å². The van der Waals surface area contributed by atoms with E-state index in [0.29, 0.717) is 35.1 Å². The lowest BCUT2D eigenvalue weighted by molar-refractivity contribution is -0.139. The van der Waals surface area contributed by atoms with Crippen LogP contribution >= 0.6 is 0 Å². The summed E-state index contributed by atoms with van der Waals surface area (Å²) in [7, 11) is 0. The first-order chi connectivity index (χ1) is 12.4. The van der Waals surface area contributed by atoms with Crippen LogP contribution in [0.15, 0.2) is 11.6 Å². The van der Waals surface area contributed by atoms with Crippen molar-refractivity contribution in [2.24, 2.45) is 40.4 Å². The normalized spacial score (nSPS) is 50.5. The second kappa shape index (κ2) is 5.69. The van der Waals surface area contributed by atoms with Crippen molar-refractivity contribution in [1.82, 2.24) is 0 Å². The third kappa shape index (κ3) is 2.24. The molecule has 1 aliphatic heterocycles. The summed E-state index contributed by atoms with van der Waals surface area (Å²) in [4.78, 5) is 23.6. The highest BCUT2D eigenvalue weighted by Crippen LogP contribution is 2.68. The number of Topliss-reactive ketones (excluding diaryl/α,β-unsaturated/α-hetero) is 1. The summed E-state index contributed by atoms with van der Waals surface area (Å²) in [6, 6.07) is 0. The van der Waals surface area contributed by atoms with Gasteiger partial charge in [-0.3, -0.25) is 4.79 Å². The van der Waals surface area contributed by atoms with Crippen LogP contribution in [-0.2, 0) is 14.3 Å². The Balaban J connectivity index is 1.42. The fourth-order valence-electron chi connectivity index (χ4n) is 8.24. The smallest absolute Gasteiger partial charge is 0.331 e. The van der Waals surface area contributed by atoms with Gasteiger partial charge >= 0.3 is 5.97 Å². The Hall–Kier alpha value is -1.12. The first-order valence-electron chi connectivity index (χ1n) is 10.8. The number of carbonyl (C=O) groups is 2. The van der Waals surface area contributed by atoms with Gasteiger partial charge in [-0.15, -0.1) is 0 Å². The number of hydrogen-bond donors (Lipinski definition) is 0. The second-order valence-electron chi connectivity index (χ2n) is 10.4. The van der Waals surface area contributed by atoms with Crippen molar-refractivity contribution in [1.29, 1.82) is 0 Å². The summed E-state index contributed by atoms with van der Waals surface area (Å²) in [5.74, 6) is 3.96. The molecule has 0 saturated heterocycles. The van der Waals surface area contributed by atoms with E-state index in [4.69, 9.17) is 4.74 Å². The minimum Gasteiger partial charge on any atom is -0.458 e. The highest BCUT2D eigenvalue weighted by Gasteiger charge is 2.60. The molecule has 0 bridgehead atoms. The van der Waals surface area contributed by atoms with Gasteiger partial charge in [0.05, 0.1) is 0 Å². The summed E-state index contributed by atoms with van der Waals surface area (Å²) >= 11 is 0. The highest BCUT2D eigenvalue weighted by atomic mass is 16.5. The Bertz CT molecular complexity index is 679. The molecule has 26 heavy (non-hydrogen) atoms. The van der Waals surface area contributed by atoms with Gasteiger partial charge in [-0.2, -0.15) is 0 Å². The molecule has 142 valence electrons. The molecule has 3 heteroatoms. The minimum absolute atomic E-state index is 0.138. The molecule has 4 aliphatic carbocycles. The Morgan fingerprint density at radius 2 is 1.77 bits per heavy atom. The maximum absolute atomic E-state index is 12.0. The Labute approximate surface area is 156 Å². The molecule has 0 aromatic rings. The highest BCUT2D eigenvalue weighted by molar-refractivity contribution is 5.85. The molecule has 0 amide bonds. The third-order valence-electron chi connectivity index (χ3n) is 9.61. The van der Waals surface area contributed by atoms with E-state index in [1.165, 1.54) is 44.1 Å². The van der Waals surface area contributed by atoms with E-state index in [-0.39, 0.29) is 5.97 Å². The van der Waals surface area contributed by atoms with Gasteiger partial charge in [-0.1, -0.05) is 13.8 Å². The lowest BCUT2D eigenvalue weighted by atomic mass is 9.44. The standard InChI is InChI=1S/C23H32O3/c1-22-9-7-16(24)12-15(22)3-4-17-19-6-5-18(14-11-21(25)26-13-14)23(19,2)10-8-20(17)22/h11,15,17-20H,3-10,12-13H2,1-2H3/t15-,17+,18-,19+,20+,22+,23-/m1/s1. The van der Waals surface area contributed by atoms with Gasteiger partial charge in [0.1, 0.15) is 12.4 Å². The van der Waals surface area contributed by atoms with E-state index in [2.05, 4.69) is 13.8 Å². The molecule has 4 saturated carbocycles. The van der Waals surface area contributed by atoms with Gasteiger partial charge in [-0.05, 0) is 90.9 Å². The number of hydrogen-bond acceptors (Lipinski definition) is 3. The first kappa shape index (κ1) is 17.0. The van der Waals surface area contributed by atoms with E-state index in [1.54, 1.807) is 6.08 Å². The van der Waals surface area contributed by atoms with Crippen LogP contribution in [0.5, 0.6) is 0 Å². The molecule has 3 nitrogen and oxygen atoms in total. The third-order valence-corrected chi connectivity index (χ3v) is 9.61. The van der Waals surface area contributed by atoms with Crippen LogP contribution in [0.1, 0.15) is 71.6 Å². The summed E-state index contributed by atoms with van der Waals surface area (Å²) < 4.78 is 5.24. The topological polar surface area (TPSA) is 43.4 Å². The van der Waals surface area contributed by atoms with E-state index in [1.807, 2.05) is 0 Å². The maximum atomic E-state index is 12.0. The molecule has 7 atom stereocenters. The Morgan fingerprint density at radius 3 is 2.54 bits per heavy atom. The lowest BCUT2D eigenvalue weighted by Gasteiger charge is -2.60. The average Bonchev–Trinajstić information content (AvgIpc) is 3.18. The Kier molecular flexibility index (Phi) is 3.72. The molecule has 5 rings (SSSR count). The van der Waals surface area contributed by atoms with Crippen LogP contribution < -0.4 is 0 Å². The van der Waals surface area contributed by atoms with Gasteiger partial charge in [0.25, 0.3) is 0 Å². The number of fused-ring (bicyclic) bond motifs is 5. The van der Waals surface area contributed by atoms with Crippen LogP contribution in [0.2, 0.25) is 0 Å². The SMILES string of the molecule is C[C@]12CCC(=O)C[C@H]1CC[C@@H]1[C@@H]2CC[C@]2(C)[C@@H](C3=CC(=O)OC3)CC[C@@H]12. The van der Waals surface area contributed by atoms with E-state index in [0.717, 1.165) is 37.0 Å². The quantitative estimate of drug-likeness (QED) is 0.640. The summed E-state index contributed by atoms with van der Waals surface area (Å²) in [6.45, 7) is 5.55. The fourth-order valence-corrected chi connectivity index (χ4v) is 8.24. The van der Waals surface area contributed by atoms with Gasteiger partial charge in [0.15, 0.2) is 0 Å². The molecular weight excluding hydrogens is 324 g/mol. The van der Waals surface area contributed by atoms with Gasteiger partial charge in [-0.25, -0.2) is 4.79 Å². The van der Waals surface area contributed by atoms with Crippen molar-refractivity contribution in [2.45, 2.75) is 71.6 Å². The predicted octanol–water partition coefficient (Wildman–Crippen LogP) is 4.70. The zero-order valence-corrected chi connectivity index (χ0v) is 16.3. The summed E-state index contributed by atoms with van der Waals surface area (Å²) in [5.41, 5.74) is 2.00. The van der Waals surface area contributed by atoms with E-state index < -0.39 is 0 Å². The number of esters is 1.